The second-order valence-corrected chi connectivity index (χ2v) is 12.3. The predicted molar refractivity (Wildman–Crippen MR) is 153 cm³/mol. The van der Waals surface area contributed by atoms with Crippen molar-refractivity contribution in [2.75, 3.05) is 30.3 Å². The highest BCUT2D eigenvalue weighted by Gasteiger charge is 2.28. The molecule has 2 atom stereocenters. The van der Waals surface area contributed by atoms with E-state index in [4.69, 9.17) is 32.7 Å². The number of rotatable bonds is 12. The average molecular weight is 601 g/mol. The van der Waals surface area contributed by atoms with Crippen LogP contribution in [0.5, 0.6) is 11.5 Å². The molecule has 1 N–H and O–H groups in total. The Kier molecular flexibility index (Phi) is 10.7. The summed E-state index contributed by atoms with van der Waals surface area (Å²) in [6.07, 6.45) is 2.13. The first-order valence-electron chi connectivity index (χ1n) is 12.8. The van der Waals surface area contributed by atoms with E-state index in [1.54, 1.807) is 43.3 Å². The van der Waals surface area contributed by atoms with Crippen LogP contribution in [-0.2, 0) is 26.2 Å². The maximum atomic E-state index is 13.4. The Bertz CT molecular complexity index is 1290. The van der Waals surface area contributed by atoms with Gasteiger partial charge in [-0.2, -0.15) is 0 Å². The Morgan fingerprint density at radius 1 is 1.03 bits per heavy atom. The maximum absolute atomic E-state index is 13.4. The highest BCUT2D eigenvalue weighted by molar-refractivity contribution is 7.92. The van der Waals surface area contributed by atoms with E-state index in [2.05, 4.69) is 5.32 Å². The molecule has 0 radical (unpaired) electrons. The molecule has 3 rings (SSSR count). The van der Waals surface area contributed by atoms with Crippen molar-refractivity contribution in [3.63, 3.8) is 0 Å². The van der Waals surface area contributed by atoms with Gasteiger partial charge < -0.3 is 19.7 Å². The molecule has 9 nitrogen and oxygen atoms in total. The summed E-state index contributed by atoms with van der Waals surface area (Å²) in [5.74, 6) is 0.462. The minimum absolute atomic E-state index is 0.0266. The Morgan fingerprint density at radius 2 is 1.72 bits per heavy atom. The molecule has 0 unspecified atom stereocenters. The lowest BCUT2D eigenvalue weighted by atomic mass is 10.1. The van der Waals surface area contributed by atoms with Gasteiger partial charge in [0.25, 0.3) is 0 Å². The fourth-order valence-electron chi connectivity index (χ4n) is 4.07. The van der Waals surface area contributed by atoms with Crippen LogP contribution in [0.25, 0.3) is 0 Å². The molecule has 12 heteroatoms. The first-order chi connectivity index (χ1) is 18.4. The molecule has 0 fully saturated rings. The summed E-state index contributed by atoms with van der Waals surface area (Å²) >= 11 is 12.2. The number of nitrogens with one attached hydrogen (secondary N) is 1. The first-order valence-corrected chi connectivity index (χ1v) is 15.4. The molecule has 0 bridgehead atoms. The number of sulfonamides is 1. The number of fused-ring (bicyclic) bond motifs is 1. The van der Waals surface area contributed by atoms with Gasteiger partial charge in [0.1, 0.15) is 19.3 Å². The smallest absolute Gasteiger partial charge is 0.242 e. The zero-order valence-electron chi connectivity index (χ0n) is 22.6. The molecule has 0 saturated carbocycles. The predicted octanol–water partition coefficient (Wildman–Crippen LogP) is 4.64. The van der Waals surface area contributed by atoms with E-state index in [9.17, 15) is 18.0 Å². The van der Waals surface area contributed by atoms with Gasteiger partial charge in [-0.3, -0.25) is 13.9 Å². The molecule has 2 amide bonds. The first kappa shape index (κ1) is 30.8. The quantitative estimate of drug-likeness (QED) is 0.381. The lowest BCUT2D eigenvalue weighted by Crippen LogP contribution is -2.49. The SMILES string of the molecule is CC[C@H](C)NC(=O)[C@@H](C)N(Cc1ccc(Cl)c(Cl)c1)C(=O)CCCN(c1ccc2c(c1)OCCO2)S(C)(=O)=O. The fourth-order valence-corrected chi connectivity index (χ4v) is 5.35. The summed E-state index contributed by atoms with van der Waals surface area (Å²) in [5.41, 5.74) is 1.14. The molecule has 0 aromatic heterocycles. The van der Waals surface area contributed by atoms with Crippen molar-refractivity contribution < 1.29 is 27.5 Å². The van der Waals surface area contributed by atoms with Gasteiger partial charge in [0, 0.05) is 31.6 Å². The largest absolute Gasteiger partial charge is 0.486 e. The van der Waals surface area contributed by atoms with E-state index >= 15 is 0 Å². The number of ether oxygens (including phenoxy) is 2. The number of nitrogens with zero attached hydrogens (tertiary/aromatic N) is 2. The van der Waals surface area contributed by atoms with E-state index in [0.717, 1.165) is 18.2 Å². The van der Waals surface area contributed by atoms with E-state index < -0.39 is 16.1 Å². The maximum Gasteiger partial charge on any atom is 0.242 e. The van der Waals surface area contributed by atoms with E-state index in [0.29, 0.717) is 40.4 Å². The molecule has 0 saturated heterocycles. The molecule has 1 heterocycles. The molecular formula is C27H35Cl2N3O6S. The van der Waals surface area contributed by atoms with Gasteiger partial charge in [0.2, 0.25) is 21.8 Å². The number of carbonyl (C=O) groups is 2. The third kappa shape index (κ3) is 8.40. The van der Waals surface area contributed by atoms with Crippen molar-refractivity contribution in [1.29, 1.82) is 0 Å². The lowest BCUT2D eigenvalue weighted by molar-refractivity contribution is -0.140. The van der Waals surface area contributed by atoms with Gasteiger partial charge in [-0.1, -0.05) is 36.2 Å². The molecule has 214 valence electrons. The van der Waals surface area contributed by atoms with Gasteiger partial charge in [-0.25, -0.2) is 8.42 Å². The number of carbonyl (C=O) groups excluding carboxylic acids is 2. The standard InChI is InChI=1S/C27H35Cl2N3O6S/c1-5-18(2)30-27(34)19(3)31(17-20-8-10-22(28)23(29)15-20)26(33)7-6-12-32(39(4,35)36)21-9-11-24-25(16-21)38-14-13-37-24/h8-11,15-16,18-19H,5-7,12-14,17H2,1-4H3,(H,30,34)/t18-,19+/m0/s1. The van der Waals surface area contributed by atoms with Gasteiger partial charge in [-0.15, -0.1) is 0 Å². The molecular weight excluding hydrogens is 565 g/mol. The highest BCUT2D eigenvalue weighted by atomic mass is 35.5. The number of hydrogen-bond donors (Lipinski definition) is 1. The van der Waals surface area contributed by atoms with Crippen molar-refractivity contribution in [2.45, 2.75) is 58.7 Å². The molecule has 2 aromatic carbocycles. The summed E-state index contributed by atoms with van der Waals surface area (Å²) in [6.45, 7) is 6.54. The summed E-state index contributed by atoms with van der Waals surface area (Å²) in [7, 11) is -3.65. The Balaban J connectivity index is 1.75. The van der Waals surface area contributed by atoms with Gasteiger partial charge in [0.15, 0.2) is 11.5 Å². The van der Waals surface area contributed by atoms with E-state index in [1.807, 2.05) is 13.8 Å². The third-order valence-corrected chi connectivity index (χ3v) is 8.40. The van der Waals surface area contributed by atoms with Crippen LogP contribution in [0.15, 0.2) is 36.4 Å². The number of amides is 2. The minimum atomic E-state index is -3.65. The van der Waals surface area contributed by atoms with Gasteiger partial charge in [-0.05, 0) is 56.5 Å². The van der Waals surface area contributed by atoms with Crippen LogP contribution >= 0.6 is 23.2 Å². The van der Waals surface area contributed by atoms with E-state index in [1.165, 1.54) is 9.21 Å². The number of halogens is 2. The van der Waals surface area contributed by atoms with Crippen LogP contribution in [0.4, 0.5) is 5.69 Å². The van der Waals surface area contributed by atoms with E-state index in [-0.39, 0.29) is 43.8 Å². The lowest BCUT2D eigenvalue weighted by Gasteiger charge is -2.30. The number of hydrogen-bond acceptors (Lipinski definition) is 6. The van der Waals surface area contributed by atoms with Crippen molar-refractivity contribution in [1.82, 2.24) is 10.2 Å². The molecule has 0 aliphatic carbocycles. The van der Waals surface area contributed by atoms with Crippen LogP contribution in [0.3, 0.4) is 0 Å². The highest BCUT2D eigenvalue weighted by Crippen LogP contribution is 2.35. The molecule has 0 spiro atoms. The van der Waals surface area contributed by atoms with Crippen LogP contribution in [0.1, 0.15) is 45.6 Å². The van der Waals surface area contributed by atoms with Crippen molar-refractivity contribution in [2.24, 2.45) is 0 Å². The van der Waals surface area contributed by atoms with Crippen LogP contribution in [-0.4, -0.2) is 63.2 Å². The van der Waals surface area contributed by atoms with Crippen LogP contribution < -0.4 is 19.1 Å². The third-order valence-electron chi connectivity index (χ3n) is 6.47. The average Bonchev–Trinajstić information content (AvgIpc) is 2.90. The Morgan fingerprint density at radius 3 is 2.36 bits per heavy atom. The second kappa shape index (κ2) is 13.6. The summed E-state index contributed by atoms with van der Waals surface area (Å²) in [6, 6.07) is 9.19. The van der Waals surface area contributed by atoms with Crippen LogP contribution in [0, 0.1) is 0 Å². The zero-order valence-corrected chi connectivity index (χ0v) is 24.9. The summed E-state index contributed by atoms with van der Waals surface area (Å²) in [4.78, 5) is 27.8. The Labute approximate surface area is 240 Å². The fraction of sp³-hybridized carbons (Fsp3) is 0.481. The molecule has 2 aromatic rings. The van der Waals surface area contributed by atoms with Crippen LogP contribution in [0.2, 0.25) is 10.0 Å². The molecule has 1 aliphatic rings. The summed E-state index contributed by atoms with van der Waals surface area (Å²) < 4.78 is 37.6. The Hall–Kier alpha value is -2.69. The number of anilines is 1. The van der Waals surface area contributed by atoms with Crippen molar-refractivity contribution >= 4 is 50.7 Å². The monoisotopic (exact) mass is 599 g/mol. The van der Waals surface area contributed by atoms with Crippen molar-refractivity contribution in [3.05, 3.63) is 52.0 Å². The number of benzene rings is 2. The molecule has 39 heavy (non-hydrogen) atoms. The van der Waals surface area contributed by atoms with Gasteiger partial charge in [0.05, 0.1) is 22.0 Å². The minimum Gasteiger partial charge on any atom is -0.486 e. The normalized spacial score (nSPS) is 14.3. The van der Waals surface area contributed by atoms with Crippen molar-refractivity contribution in [3.8, 4) is 11.5 Å². The topological polar surface area (TPSA) is 105 Å². The second-order valence-electron chi connectivity index (χ2n) is 9.53. The summed E-state index contributed by atoms with van der Waals surface area (Å²) in [5, 5.41) is 3.66. The van der Waals surface area contributed by atoms with Gasteiger partial charge >= 0.3 is 0 Å². The zero-order chi connectivity index (χ0) is 28.7. The molecule has 1 aliphatic heterocycles.